The number of allylic oxidation sites excluding steroid dienone is 1. The van der Waals surface area contributed by atoms with E-state index in [1.807, 2.05) is 62.4 Å². The Labute approximate surface area is 381 Å². The van der Waals surface area contributed by atoms with Gasteiger partial charge in [-0.25, -0.2) is 17.6 Å². The van der Waals surface area contributed by atoms with Gasteiger partial charge in [0.15, 0.2) is 23.1 Å². The summed E-state index contributed by atoms with van der Waals surface area (Å²) < 4.78 is 101. The van der Waals surface area contributed by atoms with Gasteiger partial charge in [0.25, 0.3) is 0 Å². The summed E-state index contributed by atoms with van der Waals surface area (Å²) in [6, 6.07) is 29.8. The van der Waals surface area contributed by atoms with E-state index < -0.39 is 34.9 Å². The zero-order valence-electron chi connectivity index (χ0n) is 37.7. The highest BCUT2D eigenvalue weighted by Gasteiger charge is 2.20. The summed E-state index contributed by atoms with van der Waals surface area (Å²) in [5.41, 5.74) is 4.88. The van der Waals surface area contributed by atoms with Crippen molar-refractivity contribution in [1.82, 2.24) is 0 Å². The number of rotatable bonds is 25. The minimum absolute atomic E-state index is 0.00524. The molecule has 0 fully saturated rings. The molecule has 0 saturated carbocycles. The topological polar surface area (TPSA) is 18.5 Å². The lowest BCUT2D eigenvalue weighted by Gasteiger charge is -2.13. The second-order valence-electron chi connectivity index (χ2n) is 17.1. The summed E-state index contributed by atoms with van der Waals surface area (Å²) in [6.45, 7) is 8.54. The largest absolute Gasteiger partial charge is 0.490 e. The third-order valence-corrected chi connectivity index (χ3v) is 12.2. The molecule has 2 nitrogen and oxygen atoms in total. The van der Waals surface area contributed by atoms with Crippen LogP contribution < -0.4 is 9.47 Å². The van der Waals surface area contributed by atoms with Crippen LogP contribution in [0.4, 0.5) is 26.3 Å². The second kappa shape index (κ2) is 24.5. The molecule has 0 unspecified atom stereocenters. The molecule has 342 valence electrons. The number of unbranched alkanes of at least 4 members (excludes halogenated alkanes) is 10. The standard InChI is InChI=1S/C57H60F6O2/c1-4-41(17-13-9-5-7-11-15-35-64-52-33-31-48(54(60)56(52)62)46-29-27-44(37-50(46)58)42-23-19-39(2)20-24-42)18-14-10-6-8-12-16-36-65-53-34-32-49(55(61)57(53)63)47-30-28-45(38-51(47)59)43-25-21-40(3)22-26-43/h4,19-34,37-38,41H,1,5-18,35-36H2,2-3H3. The van der Waals surface area contributed by atoms with Crippen LogP contribution in [0.3, 0.4) is 0 Å². The van der Waals surface area contributed by atoms with Crippen LogP contribution in [0.25, 0.3) is 44.5 Å². The summed E-state index contributed by atoms with van der Waals surface area (Å²) in [5, 5.41) is 0. The Kier molecular flexibility index (Phi) is 18.4. The lowest BCUT2D eigenvalue weighted by Crippen LogP contribution is -2.02. The molecule has 0 N–H and O–H groups in total. The van der Waals surface area contributed by atoms with E-state index >= 15 is 17.6 Å². The molecule has 6 aromatic rings. The van der Waals surface area contributed by atoms with Crippen molar-refractivity contribution in [2.24, 2.45) is 5.92 Å². The molecule has 65 heavy (non-hydrogen) atoms. The maximum atomic E-state index is 15.1. The first-order valence-corrected chi connectivity index (χ1v) is 23.1. The van der Waals surface area contributed by atoms with Gasteiger partial charge < -0.3 is 9.47 Å². The third kappa shape index (κ3) is 13.6. The van der Waals surface area contributed by atoms with Crippen molar-refractivity contribution in [1.29, 1.82) is 0 Å². The molecule has 0 bridgehead atoms. The first-order valence-electron chi connectivity index (χ1n) is 23.1. The van der Waals surface area contributed by atoms with E-state index in [4.69, 9.17) is 9.47 Å². The molecular weight excluding hydrogens is 831 g/mol. The molecule has 0 atom stereocenters. The smallest absolute Gasteiger partial charge is 0.201 e. The van der Waals surface area contributed by atoms with E-state index in [1.54, 1.807) is 12.1 Å². The van der Waals surface area contributed by atoms with Crippen LogP contribution in [0.5, 0.6) is 11.5 Å². The van der Waals surface area contributed by atoms with Crippen LogP contribution >= 0.6 is 0 Å². The minimum Gasteiger partial charge on any atom is -0.490 e. The van der Waals surface area contributed by atoms with Gasteiger partial charge in [0, 0.05) is 22.3 Å². The molecule has 0 aromatic heterocycles. The van der Waals surface area contributed by atoms with Crippen molar-refractivity contribution < 1.29 is 35.8 Å². The van der Waals surface area contributed by atoms with Crippen LogP contribution in [0.15, 0.2) is 122 Å². The fourth-order valence-corrected chi connectivity index (χ4v) is 8.20. The first kappa shape index (κ1) is 48.7. The Morgan fingerprint density at radius 3 is 1.11 bits per heavy atom. The molecule has 0 aliphatic carbocycles. The Balaban J connectivity index is 0.784. The molecule has 0 spiro atoms. The summed E-state index contributed by atoms with van der Waals surface area (Å²) in [4.78, 5) is 0. The van der Waals surface area contributed by atoms with Crippen molar-refractivity contribution in [2.75, 3.05) is 13.2 Å². The van der Waals surface area contributed by atoms with Gasteiger partial charge >= 0.3 is 0 Å². The molecule has 0 radical (unpaired) electrons. The molecule has 0 aliphatic heterocycles. The Bertz CT molecular complexity index is 2290. The van der Waals surface area contributed by atoms with Gasteiger partial charge in [-0.1, -0.05) is 154 Å². The van der Waals surface area contributed by atoms with Crippen LogP contribution in [0.2, 0.25) is 0 Å². The molecule has 0 heterocycles. The molecule has 6 rings (SSSR count). The highest BCUT2D eigenvalue weighted by Crippen LogP contribution is 2.35. The van der Waals surface area contributed by atoms with E-state index in [1.165, 1.54) is 48.5 Å². The van der Waals surface area contributed by atoms with Gasteiger partial charge in [-0.3, -0.25) is 0 Å². The molecule has 0 saturated heterocycles. The predicted molar refractivity (Wildman–Crippen MR) is 253 cm³/mol. The zero-order valence-corrected chi connectivity index (χ0v) is 37.7. The maximum absolute atomic E-state index is 15.1. The van der Waals surface area contributed by atoms with E-state index in [-0.39, 0.29) is 47.0 Å². The van der Waals surface area contributed by atoms with E-state index in [9.17, 15) is 8.78 Å². The minimum atomic E-state index is -1.13. The highest BCUT2D eigenvalue weighted by atomic mass is 19.2. The fourth-order valence-electron chi connectivity index (χ4n) is 8.20. The van der Waals surface area contributed by atoms with Crippen LogP contribution in [0, 0.1) is 54.7 Å². The van der Waals surface area contributed by atoms with Crippen molar-refractivity contribution in [3.05, 3.63) is 168 Å². The van der Waals surface area contributed by atoms with Crippen molar-refractivity contribution in [3.63, 3.8) is 0 Å². The Morgan fingerprint density at radius 1 is 0.400 bits per heavy atom. The normalized spacial score (nSPS) is 11.3. The van der Waals surface area contributed by atoms with Gasteiger partial charge in [0.2, 0.25) is 11.6 Å². The van der Waals surface area contributed by atoms with Crippen molar-refractivity contribution >= 4 is 0 Å². The second-order valence-corrected chi connectivity index (χ2v) is 17.1. The maximum Gasteiger partial charge on any atom is 0.201 e. The van der Waals surface area contributed by atoms with Crippen molar-refractivity contribution in [2.45, 2.75) is 104 Å². The molecule has 8 heteroatoms. The van der Waals surface area contributed by atoms with Crippen molar-refractivity contribution in [3.8, 4) is 56.0 Å². The third-order valence-electron chi connectivity index (χ3n) is 12.2. The predicted octanol–water partition coefficient (Wildman–Crippen LogP) is 17.5. The Hall–Kier alpha value is -5.76. The summed E-state index contributed by atoms with van der Waals surface area (Å²) in [5.74, 6) is -5.58. The van der Waals surface area contributed by atoms with Gasteiger partial charge in [-0.2, -0.15) is 8.78 Å². The Morgan fingerprint density at radius 2 is 0.738 bits per heavy atom. The zero-order chi connectivity index (χ0) is 46.1. The van der Waals surface area contributed by atoms with E-state index in [0.717, 1.165) is 112 Å². The number of halogens is 6. The molecular formula is C57H60F6O2. The number of hydrogen-bond acceptors (Lipinski definition) is 2. The van der Waals surface area contributed by atoms with Crippen LogP contribution in [0.1, 0.15) is 101 Å². The quantitative estimate of drug-likeness (QED) is 0.0324. The number of ether oxygens (including phenoxy) is 2. The van der Waals surface area contributed by atoms with Gasteiger partial charge in [0.1, 0.15) is 11.6 Å². The first-order chi connectivity index (χ1) is 31.5. The molecule has 6 aromatic carbocycles. The van der Waals surface area contributed by atoms with Gasteiger partial charge in [-0.15, -0.1) is 6.58 Å². The molecule has 0 amide bonds. The summed E-state index contributed by atoms with van der Waals surface area (Å²) >= 11 is 0. The number of benzene rings is 6. The monoisotopic (exact) mass is 890 g/mol. The average molecular weight is 891 g/mol. The van der Waals surface area contributed by atoms with Gasteiger partial charge in [0.05, 0.1) is 13.2 Å². The summed E-state index contributed by atoms with van der Waals surface area (Å²) in [6.07, 6.45) is 16.3. The molecule has 0 aliphatic rings. The lowest BCUT2D eigenvalue weighted by molar-refractivity contribution is 0.285. The average Bonchev–Trinajstić information content (AvgIpc) is 3.30. The number of aryl methyl sites for hydroxylation is 2. The van der Waals surface area contributed by atoms with E-state index in [2.05, 4.69) is 12.7 Å². The highest BCUT2D eigenvalue weighted by molar-refractivity contribution is 5.73. The van der Waals surface area contributed by atoms with Crippen LogP contribution in [-0.4, -0.2) is 13.2 Å². The van der Waals surface area contributed by atoms with Gasteiger partial charge in [-0.05, 0) is 104 Å². The SMILES string of the molecule is C=CC(CCCCCCCCOc1ccc(-c2ccc(-c3ccc(C)cc3)cc2F)c(F)c1F)CCCCCCCCOc1ccc(-c2ccc(-c3ccc(C)cc3)cc2F)c(F)c1F. The number of hydrogen-bond donors (Lipinski definition) is 0. The van der Waals surface area contributed by atoms with E-state index in [0.29, 0.717) is 17.0 Å². The van der Waals surface area contributed by atoms with Crippen LogP contribution in [-0.2, 0) is 0 Å². The summed E-state index contributed by atoms with van der Waals surface area (Å²) in [7, 11) is 0. The lowest BCUT2D eigenvalue weighted by atomic mass is 9.94. The fraction of sp³-hybridized carbons (Fsp3) is 0.333.